The molecular formula is C50H88. The average molecular weight is 689 g/mol. The van der Waals surface area contributed by atoms with Crippen LogP contribution in [-0.2, 0) is 0 Å². The van der Waals surface area contributed by atoms with E-state index in [1.807, 2.05) is 58.0 Å². The number of aryl methyl sites for hydroxylation is 3. The maximum absolute atomic E-state index is 5.40. The molecule has 0 aromatic heterocycles. The predicted octanol–water partition coefficient (Wildman–Crippen LogP) is 17.4. The highest BCUT2D eigenvalue weighted by atomic mass is 14.3. The summed E-state index contributed by atoms with van der Waals surface area (Å²) in [4.78, 5) is 0. The van der Waals surface area contributed by atoms with Crippen molar-refractivity contribution in [2.75, 3.05) is 0 Å². The second-order valence-electron chi connectivity index (χ2n) is 14.5. The minimum atomic E-state index is 0.552. The van der Waals surface area contributed by atoms with Gasteiger partial charge in [-0.1, -0.05) is 219 Å². The van der Waals surface area contributed by atoms with Crippen LogP contribution < -0.4 is 0 Å². The van der Waals surface area contributed by atoms with Crippen LogP contribution in [0.25, 0.3) is 5.57 Å². The second-order valence-corrected chi connectivity index (χ2v) is 14.5. The summed E-state index contributed by atoms with van der Waals surface area (Å²) in [5.41, 5.74) is 8.52. The Morgan fingerprint density at radius 1 is 0.740 bits per heavy atom. The monoisotopic (exact) mass is 689 g/mol. The number of unbranched alkanes of at least 4 members (excludes halogenated alkanes) is 2. The van der Waals surface area contributed by atoms with Crippen molar-refractivity contribution in [1.29, 1.82) is 0 Å². The van der Waals surface area contributed by atoms with Gasteiger partial charge in [0, 0.05) is 5.56 Å². The van der Waals surface area contributed by atoms with E-state index in [9.17, 15) is 0 Å². The van der Waals surface area contributed by atoms with E-state index in [2.05, 4.69) is 140 Å². The first-order valence-corrected chi connectivity index (χ1v) is 19.9. The normalized spacial score (nSPS) is 10.3. The molecule has 2 rings (SSSR count). The number of hydrogen-bond donors (Lipinski definition) is 0. The topological polar surface area (TPSA) is 0 Å². The first kappa shape index (κ1) is 56.6. The van der Waals surface area contributed by atoms with Gasteiger partial charge in [0.1, 0.15) is 0 Å². The van der Waals surface area contributed by atoms with Crippen molar-refractivity contribution in [3.05, 3.63) is 101 Å². The van der Waals surface area contributed by atoms with E-state index in [4.69, 9.17) is 6.42 Å². The molecule has 0 saturated heterocycles. The SMILES string of the molecule is C#Cc1cc(C(=C)/C=C\C)ccc1C.C=C(C)C.CCC(C)CC.CCCC.CCCC.CCCC(C)C(C)(C)CC.Cc1ccc(C)cc1. The molecular weight excluding hydrogens is 601 g/mol. The molecule has 0 fully saturated rings. The van der Waals surface area contributed by atoms with Gasteiger partial charge >= 0.3 is 0 Å². The second kappa shape index (κ2) is 39.0. The van der Waals surface area contributed by atoms with Gasteiger partial charge in [-0.3, -0.25) is 0 Å². The van der Waals surface area contributed by atoms with Crippen molar-refractivity contribution in [2.45, 2.75) is 182 Å². The Kier molecular flexibility index (Phi) is 44.2. The highest BCUT2D eigenvalue weighted by molar-refractivity contribution is 5.73. The molecule has 0 aliphatic heterocycles. The lowest BCUT2D eigenvalue weighted by Crippen LogP contribution is -2.20. The Hall–Kier alpha value is -2.78. The number of benzene rings is 2. The predicted molar refractivity (Wildman–Crippen MR) is 238 cm³/mol. The minimum absolute atomic E-state index is 0.552. The maximum Gasteiger partial charge on any atom is 0.0277 e. The molecule has 2 aromatic carbocycles. The minimum Gasteiger partial charge on any atom is -0.115 e. The highest BCUT2D eigenvalue weighted by Gasteiger charge is 2.22. The summed E-state index contributed by atoms with van der Waals surface area (Å²) in [6, 6.07) is 14.5. The van der Waals surface area contributed by atoms with E-state index < -0.39 is 0 Å². The molecule has 0 heteroatoms. The van der Waals surface area contributed by atoms with Crippen LogP contribution >= 0.6 is 0 Å². The van der Waals surface area contributed by atoms with Gasteiger partial charge < -0.3 is 0 Å². The van der Waals surface area contributed by atoms with Crippen LogP contribution in [0.3, 0.4) is 0 Å². The van der Waals surface area contributed by atoms with Crippen molar-refractivity contribution in [1.82, 2.24) is 0 Å². The fourth-order valence-corrected chi connectivity index (χ4v) is 3.37. The van der Waals surface area contributed by atoms with Crippen LogP contribution in [0.1, 0.15) is 189 Å². The molecule has 0 amide bonds. The summed E-state index contributed by atoms with van der Waals surface area (Å²) >= 11 is 0. The molecule has 0 aliphatic carbocycles. The van der Waals surface area contributed by atoms with Crippen LogP contribution in [0.4, 0.5) is 0 Å². The molecule has 288 valence electrons. The Labute approximate surface area is 317 Å². The molecule has 50 heavy (non-hydrogen) atoms. The van der Waals surface area contributed by atoms with Crippen molar-refractivity contribution in [3.8, 4) is 12.3 Å². The molecule has 0 spiro atoms. The first-order valence-electron chi connectivity index (χ1n) is 19.9. The Morgan fingerprint density at radius 2 is 1.14 bits per heavy atom. The molecule has 1 unspecified atom stereocenters. The van der Waals surface area contributed by atoms with Crippen molar-refractivity contribution in [2.24, 2.45) is 17.3 Å². The van der Waals surface area contributed by atoms with Gasteiger partial charge in [0.2, 0.25) is 0 Å². The lowest BCUT2D eigenvalue weighted by molar-refractivity contribution is 0.208. The van der Waals surface area contributed by atoms with Crippen LogP contribution in [0.5, 0.6) is 0 Å². The van der Waals surface area contributed by atoms with E-state index in [1.54, 1.807) is 0 Å². The van der Waals surface area contributed by atoms with Gasteiger partial charge in [0.25, 0.3) is 0 Å². The van der Waals surface area contributed by atoms with Gasteiger partial charge in [0.05, 0.1) is 0 Å². The quantitative estimate of drug-likeness (QED) is 0.132. The third-order valence-corrected chi connectivity index (χ3v) is 8.71. The van der Waals surface area contributed by atoms with Crippen LogP contribution in [-0.4, -0.2) is 0 Å². The fraction of sp³-hybridized carbons (Fsp3) is 0.600. The van der Waals surface area contributed by atoms with Crippen LogP contribution in [0.2, 0.25) is 0 Å². The molecule has 0 saturated carbocycles. The first-order chi connectivity index (χ1) is 23.4. The Bertz CT molecular complexity index is 1060. The number of hydrogen-bond acceptors (Lipinski definition) is 0. The van der Waals surface area contributed by atoms with Gasteiger partial charge in [-0.15, -0.1) is 13.0 Å². The van der Waals surface area contributed by atoms with E-state index in [0.29, 0.717) is 5.41 Å². The van der Waals surface area contributed by atoms with Crippen molar-refractivity contribution >= 4 is 5.57 Å². The van der Waals surface area contributed by atoms with Crippen LogP contribution in [0, 0.1) is 50.4 Å². The Morgan fingerprint density at radius 3 is 1.40 bits per heavy atom. The molecule has 1 atom stereocenters. The summed E-state index contributed by atoms with van der Waals surface area (Å²) in [7, 11) is 0. The van der Waals surface area contributed by atoms with Crippen LogP contribution in [0.15, 0.2) is 73.3 Å². The van der Waals surface area contributed by atoms with E-state index in [1.165, 1.54) is 74.5 Å². The fourth-order valence-electron chi connectivity index (χ4n) is 3.37. The van der Waals surface area contributed by atoms with Crippen molar-refractivity contribution in [3.63, 3.8) is 0 Å². The number of allylic oxidation sites excluding steroid dienone is 4. The molecule has 0 aliphatic rings. The standard InChI is InChI=1S/C14H14.C10H22.C8H10.C6H14.C4H8.2C4H10/c1-5-7-11(3)14-9-8-12(4)13(6-2)10-14;1-6-8-9(3)10(4,5)7-2;1-7-3-5-8(2)6-4-7;1-4-6(3)5-2;1-4(2)3;2*1-3-4-2/h2,5,7-10H,3H2,1,4H3;9H,6-8H2,1-5H3;3-6H,1-2H3;6H,4-5H2,1-3H3;1H2,2-3H3;2*3-4H2,1-2H3/b7-5-;;;;;;. The molecule has 0 heterocycles. The summed E-state index contributed by atoms with van der Waals surface area (Å²) in [6.45, 7) is 46.8. The number of terminal acetylenes is 1. The zero-order chi connectivity index (χ0) is 40.1. The summed E-state index contributed by atoms with van der Waals surface area (Å²) in [5, 5.41) is 0. The molecule has 2 aromatic rings. The summed E-state index contributed by atoms with van der Waals surface area (Å²) in [6.07, 6.45) is 21.3. The number of rotatable bonds is 10. The van der Waals surface area contributed by atoms with Crippen molar-refractivity contribution < 1.29 is 0 Å². The maximum atomic E-state index is 5.40. The largest absolute Gasteiger partial charge is 0.115 e. The lowest BCUT2D eigenvalue weighted by atomic mass is 9.76. The third-order valence-electron chi connectivity index (χ3n) is 8.71. The smallest absolute Gasteiger partial charge is 0.0277 e. The average Bonchev–Trinajstić information content (AvgIpc) is 3.10. The van der Waals surface area contributed by atoms with Gasteiger partial charge in [-0.05, 0) is 81.6 Å². The van der Waals surface area contributed by atoms with E-state index >= 15 is 0 Å². The van der Waals surface area contributed by atoms with Gasteiger partial charge in [0.15, 0.2) is 0 Å². The third kappa shape index (κ3) is 39.7. The van der Waals surface area contributed by atoms with Gasteiger partial charge in [-0.25, -0.2) is 0 Å². The Balaban J connectivity index is -0.000000167. The van der Waals surface area contributed by atoms with E-state index in [0.717, 1.165) is 34.1 Å². The summed E-state index contributed by atoms with van der Waals surface area (Å²) < 4.78 is 0. The molecule has 0 radical (unpaired) electrons. The lowest BCUT2D eigenvalue weighted by Gasteiger charge is -2.30. The molecule has 0 bridgehead atoms. The molecule has 0 nitrogen and oxygen atoms in total. The zero-order valence-corrected chi connectivity index (χ0v) is 37.2. The zero-order valence-electron chi connectivity index (χ0n) is 37.2. The molecule has 0 N–H and O–H groups in total. The highest BCUT2D eigenvalue weighted by Crippen LogP contribution is 2.32. The summed E-state index contributed by atoms with van der Waals surface area (Å²) in [5.74, 6) is 4.48. The van der Waals surface area contributed by atoms with E-state index in [-0.39, 0.29) is 0 Å². The van der Waals surface area contributed by atoms with Gasteiger partial charge in [-0.2, -0.15) is 0 Å².